The second-order valence-electron chi connectivity index (χ2n) is 8.35. The molecule has 1 N–H and O–H groups in total. The predicted octanol–water partition coefficient (Wildman–Crippen LogP) is 3.86. The van der Waals surface area contributed by atoms with E-state index in [0.29, 0.717) is 30.2 Å². The summed E-state index contributed by atoms with van der Waals surface area (Å²) in [5.74, 6) is 0.744. The van der Waals surface area contributed by atoms with Crippen LogP contribution < -0.4 is 14.8 Å². The SMILES string of the molecule is COc1ccc(OC)c(CNC(=O)[C@@H]2c3ccccc3C(=O)N3CCc4ccccc4[C@@H]23)c1. The van der Waals surface area contributed by atoms with Gasteiger partial charge in [-0.3, -0.25) is 9.59 Å². The number of hydrogen-bond donors (Lipinski definition) is 1. The predicted molar refractivity (Wildman–Crippen MR) is 124 cm³/mol. The van der Waals surface area contributed by atoms with Gasteiger partial charge in [-0.15, -0.1) is 0 Å². The lowest BCUT2D eigenvalue weighted by atomic mass is 9.76. The molecule has 0 spiro atoms. The van der Waals surface area contributed by atoms with E-state index in [1.165, 1.54) is 5.56 Å². The number of hydrogen-bond acceptors (Lipinski definition) is 4. The van der Waals surface area contributed by atoms with E-state index in [4.69, 9.17) is 9.47 Å². The van der Waals surface area contributed by atoms with Crippen molar-refractivity contribution < 1.29 is 19.1 Å². The van der Waals surface area contributed by atoms with Crippen molar-refractivity contribution in [2.45, 2.75) is 24.9 Å². The molecule has 0 radical (unpaired) electrons. The maximum absolute atomic E-state index is 13.7. The average Bonchev–Trinajstić information content (AvgIpc) is 2.87. The van der Waals surface area contributed by atoms with Crippen molar-refractivity contribution in [1.82, 2.24) is 10.2 Å². The van der Waals surface area contributed by atoms with Crippen LogP contribution in [-0.4, -0.2) is 37.5 Å². The van der Waals surface area contributed by atoms with E-state index in [2.05, 4.69) is 11.4 Å². The highest BCUT2D eigenvalue weighted by Crippen LogP contribution is 2.45. The highest BCUT2D eigenvalue weighted by atomic mass is 16.5. The van der Waals surface area contributed by atoms with E-state index in [0.717, 1.165) is 23.1 Å². The van der Waals surface area contributed by atoms with E-state index in [1.54, 1.807) is 14.2 Å². The fraction of sp³-hybridized carbons (Fsp3) is 0.259. The maximum atomic E-state index is 13.7. The Kier molecular flexibility index (Phi) is 5.50. The Labute approximate surface area is 193 Å². The van der Waals surface area contributed by atoms with Crippen LogP contribution in [0.25, 0.3) is 0 Å². The molecule has 6 heteroatoms. The van der Waals surface area contributed by atoms with Crippen molar-refractivity contribution in [1.29, 1.82) is 0 Å². The maximum Gasteiger partial charge on any atom is 0.254 e. The number of amides is 2. The molecule has 0 bridgehead atoms. The molecule has 2 atom stereocenters. The molecule has 5 rings (SSSR count). The molecule has 0 saturated heterocycles. The molecular weight excluding hydrogens is 416 g/mol. The molecule has 2 heterocycles. The summed E-state index contributed by atoms with van der Waals surface area (Å²) in [6.45, 7) is 0.891. The van der Waals surface area contributed by atoms with Crippen LogP contribution in [-0.2, 0) is 17.8 Å². The zero-order valence-corrected chi connectivity index (χ0v) is 18.7. The highest BCUT2D eigenvalue weighted by molar-refractivity contribution is 6.01. The molecule has 33 heavy (non-hydrogen) atoms. The zero-order chi connectivity index (χ0) is 22.9. The molecule has 0 fully saturated rings. The molecule has 6 nitrogen and oxygen atoms in total. The second-order valence-corrected chi connectivity index (χ2v) is 8.35. The molecule has 3 aromatic rings. The number of ether oxygens (including phenoxy) is 2. The Morgan fingerprint density at radius 3 is 2.55 bits per heavy atom. The largest absolute Gasteiger partial charge is 0.497 e. The molecule has 2 aliphatic rings. The molecule has 168 valence electrons. The molecule has 0 unspecified atom stereocenters. The fourth-order valence-corrected chi connectivity index (χ4v) is 5.07. The normalized spacial score (nSPS) is 18.6. The second kappa shape index (κ2) is 8.62. The van der Waals surface area contributed by atoms with Gasteiger partial charge in [-0.25, -0.2) is 0 Å². The van der Waals surface area contributed by atoms with Crippen molar-refractivity contribution in [2.75, 3.05) is 20.8 Å². The van der Waals surface area contributed by atoms with E-state index < -0.39 is 5.92 Å². The summed E-state index contributed by atoms with van der Waals surface area (Å²) >= 11 is 0. The van der Waals surface area contributed by atoms with E-state index >= 15 is 0 Å². The molecule has 2 amide bonds. The Morgan fingerprint density at radius 2 is 1.76 bits per heavy atom. The number of fused-ring (bicyclic) bond motifs is 4. The Balaban J connectivity index is 1.52. The summed E-state index contributed by atoms with van der Waals surface area (Å²) < 4.78 is 10.8. The average molecular weight is 443 g/mol. The summed E-state index contributed by atoms with van der Waals surface area (Å²) in [5.41, 5.74) is 4.44. The Bertz CT molecular complexity index is 1220. The Hall–Kier alpha value is -3.80. The number of nitrogens with one attached hydrogen (secondary N) is 1. The molecule has 0 aromatic heterocycles. The van der Waals surface area contributed by atoms with E-state index in [9.17, 15) is 9.59 Å². The van der Waals surface area contributed by atoms with Gasteiger partial charge in [0.15, 0.2) is 0 Å². The fourth-order valence-electron chi connectivity index (χ4n) is 5.07. The molecule has 0 saturated carbocycles. The van der Waals surface area contributed by atoms with Gasteiger partial charge in [0.2, 0.25) is 5.91 Å². The van der Waals surface area contributed by atoms with Crippen LogP contribution >= 0.6 is 0 Å². The first-order valence-corrected chi connectivity index (χ1v) is 11.1. The van der Waals surface area contributed by atoms with Gasteiger partial charge in [0.05, 0.1) is 26.2 Å². The topological polar surface area (TPSA) is 67.9 Å². The standard InChI is InChI=1S/C27H26N2O4/c1-32-19-11-12-23(33-2)18(15-19)16-28-26(30)24-21-9-5-6-10-22(21)27(31)29-14-13-17-7-3-4-8-20(17)25(24)29/h3-12,15,24-25H,13-14,16H2,1-2H3,(H,28,30)/t24-,25+/m1/s1. The summed E-state index contributed by atoms with van der Waals surface area (Å²) in [6, 6.07) is 20.8. The quantitative estimate of drug-likeness (QED) is 0.652. The first-order valence-electron chi connectivity index (χ1n) is 11.1. The van der Waals surface area contributed by atoms with Gasteiger partial charge >= 0.3 is 0 Å². The van der Waals surface area contributed by atoms with Gasteiger partial charge in [-0.2, -0.15) is 0 Å². The lowest BCUT2D eigenvalue weighted by molar-refractivity contribution is -0.124. The van der Waals surface area contributed by atoms with Crippen LogP contribution in [0.1, 0.15) is 44.6 Å². The summed E-state index contributed by atoms with van der Waals surface area (Å²) in [5, 5.41) is 3.10. The number of nitrogens with zero attached hydrogens (tertiary/aromatic N) is 1. The van der Waals surface area contributed by atoms with Crippen LogP contribution in [0.15, 0.2) is 66.7 Å². The minimum atomic E-state index is -0.503. The van der Waals surface area contributed by atoms with Crippen molar-refractivity contribution in [3.8, 4) is 11.5 Å². The number of carbonyl (C=O) groups excluding carboxylic acids is 2. The minimum Gasteiger partial charge on any atom is -0.497 e. The van der Waals surface area contributed by atoms with Crippen LogP contribution in [0.3, 0.4) is 0 Å². The minimum absolute atomic E-state index is 0.0105. The molecule has 2 aliphatic heterocycles. The van der Waals surface area contributed by atoms with Gasteiger partial charge in [0.1, 0.15) is 11.5 Å². The third kappa shape index (κ3) is 3.61. The third-order valence-electron chi connectivity index (χ3n) is 6.66. The van der Waals surface area contributed by atoms with Crippen molar-refractivity contribution in [3.63, 3.8) is 0 Å². The lowest BCUT2D eigenvalue weighted by Crippen LogP contribution is -2.50. The third-order valence-corrected chi connectivity index (χ3v) is 6.66. The number of benzene rings is 3. The van der Waals surface area contributed by atoms with E-state index in [1.807, 2.05) is 65.6 Å². The van der Waals surface area contributed by atoms with Crippen LogP contribution in [0.5, 0.6) is 11.5 Å². The van der Waals surface area contributed by atoms with Crippen molar-refractivity contribution >= 4 is 11.8 Å². The number of carbonyl (C=O) groups is 2. The Morgan fingerprint density at radius 1 is 1.00 bits per heavy atom. The van der Waals surface area contributed by atoms with Gasteiger partial charge in [-0.05, 0) is 47.4 Å². The first kappa shape index (κ1) is 21.1. The van der Waals surface area contributed by atoms with Gasteiger partial charge in [0, 0.05) is 24.2 Å². The van der Waals surface area contributed by atoms with Crippen LogP contribution in [0.2, 0.25) is 0 Å². The summed E-state index contributed by atoms with van der Waals surface area (Å²) in [4.78, 5) is 28.9. The summed E-state index contributed by atoms with van der Waals surface area (Å²) in [7, 11) is 3.21. The highest BCUT2D eigenvalue weighted by Gasteiger charge is 2.46. The number of methoxy groups -OCH3 is 2. The molecular formula is C27H26N2O4. The van der Waals surface area contributed by atoms with E-state index in [-0.39, 0.29) is 17.9 Å². The van der Waals surface area contributed by atoms with Crippen LogP contribution in [0.4, 0.5) is 0 Å². The zero-order valence-electron chi connectivity index (χ0n) is 18.7. The van der Waals surface area contributed by atoms with Crippen molar-refractivity contribution in [2.24, 2.45) is 0 Å². The van der Waals surface area contributed by atoms with Gasteiger partial charge < -0.3 is 19.7 Å². The monoisotopic (exact) mass is 442 g/mol. The molecule has 0 aliphatic carbocycles. The van der Waals surface area contributed by atoms with Crippen LogP contribution in [0, 0.1) is 0 Å². The molecule has 3 aromatic carbocycles. The number of rotatable bonds is 5. The lowest BCUT2D eigenvalue weighted by Gasteiger charge is -2.45. The first-order chi connectivity index (χ1) is 16.1. The van der Waals surface area contributed by atoms with Gasteiger partial charge in [0.25, 0.3) is 5.91 Å². The van der Waals surface area contributed by atoms with Crippen molar-refractivity contribution in [3.05, 3.63) is 94.5 Å². The smallest absolute Gasteiger partial charge is 0.254 e. The van der Waals surface area contributed by atoms with Gasteiger partial charge in [-0.1, -0.05) is 42.5 Å². The summed E-state index contributed by atoms with van der Waals surface area (Å²) in [6.07, 6.45) is 0.788.